The average Bonchev–Trinajstić information content (AvgIpc) is 2.41. The number of hydrogen-bond acceptors (Lipinski definition) is 4. The van der Waals surface area contributed by atoms with Crippen molar-refractivity contribution >= 4 is 21.8 Å². The molecule has 102 valence electrons. The van der Waals surface area contributed by atoms with Crippen LogP contribution in [-0.2, 0) is 14.1 Å². The van der Waals surface area contributed by atoms with Gasteiger partial charge in [-0.15, -0.1) is 0 Å². The molecule has 0 aliphatic heterocycles. The van der Waals surface area contributed by atoms with Gasteiger partial charge in [0.25, 0.3) is 11.1 Å². The summed E-state index contributed by atoms with van der Waals surface area (Å²) in [6, 6.07) is 5.46. The summed E-state index contributed by atoms with van der Waals surface area (Å²) in [6.07, 6.45) is 0. The van der Waals surface area contributed by atoms with E-state index in [1.165, 1.54) is 9.13 Å². The molecule has 3 rings (SSSR count). The van der Waals surface area contributed by atoms with Crippen molar-refractivity contribution < 1.29 is 10.2 Å². The zero-order chi connectivity index (χ0) is 14.6. The quantitative estimate of drug-likeness (QED) is 0.593. The number of aromatic hydroxyl groups is 2. The molecule has 6 nitrogen and oxygen atoms in total. The van der Waals surface area contributed by atoms with E-state index in [-0.39, 0.29) is 11.5 Å². The van der Waals surface area contributed by atoms with Gasteiger partial charge in [0, 0.05) is 37.0 Å². The molecular weight excluding hydrogens is 260 g/mol. The van der Waals surface area contributed by atoms with Crippen LogP contribution >= 0.6 is 0 Å². The fraction of sp³-hybridized carbons (Fsp3) is 0.143. The Morgan fingerprint density at radius 2 is 1.15 bits per heavy atom. The number of benzene rings is 1. The highest BCUT2D eigenvalue weighted by molar-refractivity contribution is 6.07. The van der Waals surface area contributed by atoms with Gasteiger partial charge in [0.2, 0.25) is 0 Å². The lowest BCUT2D eigenvalue weighted by Gasteiger charge is -2.13. The van der Waals surface area contributed by atoms with E-state index >= 15 is 0 Å². The number of fused-ring (bicyclic) bond motifs is 3. The Bertz CT molecular complexity index is 902. The SMILES string of the molecule is Cn1c(=O)cc(O)c2ccc3c(O)cc(=O)n(C)c3c21. The van der Waals surface area contributed by atoms with Crippen LogP contribution in [0.25, 0.3) is 21.8 Å². The van der Waals surface area contributed by atoms with Crippen LogP contribution < -0.4 is 11.1 Å². The van der Waals surface area contributed by atoms with Gasteiger partial charge in [0.05, 0.1) is 11.0 Å². The fourth-order valence-electron chi connectivity index (χ4n) is 2.48. The summed E-state index contributed by atoms with van der Waals surface area (Å²) in [6.45, 7) is 0. The summed E-state index contributed by atoms with van der Waals surface area (Å²) < 4.78 is 2.69. The summed E-state index contributed by atoms with van der Waals surface area (Å²) in [7, 11) is 3.11. The van der Waals surface area contributed by atoms with Crippen molar-refractivity contribution in [2.24, 2.45) is 14.1 Å². The van der Waals surface area contributed by atoms with E-state index in [1.54, 1.807) is 26.2 Å². The Labute approximate surface area is 112 Å². The van der Waals surface area contributed by atoms with Gasteiger partial charge < -0.3 is 19.3 Å². The van der Waals surface area contributed by atoms with Crippen molar-refractivity contribution in [1.82, 2.24) is 9.13 Å². The molecule has 2 aromatic heterocycles. The van der Waals surface area contributed by atoms with Gasteiger partial charge in [0.1, 0.15) is 11.5 Å². The molecule has 0 saturated carbocycles. The Morgan fingerprint density at radius 1 is 0.800 bits per heavy atom. The highest BCUT2D eigenvalue weighted by atomic mass is 16.3. The third-order valence-electron chi connectivity index (χ3n) is 3.56. The van der Waals surface area contributed by atoms with E-state index in [0.29, 0.717) is 21.8 Å². The van der Waals surface area contributed by atoms with Crippen molar-refractivity contribution in [3.05, 3.63) is 45.0 Å². The maximum atomic E-state index is 11.8. The first-order valence-corrected chi connectivity index (χ1v) is 5.96. The second-order valence-corrected chi connectivity index (χ2v) is 4.71. The standard InChI is InChI=1S/C14H12N2O4/c1-15-11(19)5-9(17)7-3-4-8-10(18)6-12(20)16(2)14(8)13(7)15/h3-6,17-18H,1-2H3. The predicted octanol–water partition coefficient (Wildman–Crippen LogP) is 0.802. The van der Waals surface area contributed by atoms with Gasteiger partial charge in [0.15, 0.2) is 0 Å². The Kier molecular flexibility index (Phi) is 2.37. The van der Waals surface area contributed by atoms with E-state index < -0.39 is 11.1 Å². The monoisotopic (exact) mass is 272 g/mol. The Balaban J connectivity index is 2.80. The van der Waals surface area contributed by atoms with Crippen LogP contribution in [0.15, 0.2) is 33.9 Å². The molecule has 1 aromatic carbocycles. The predicted molar refractivity (Wildman–Crippen MR) is 75.3 cm³/mol. The maximum absolute atomic E-state index is 11.8. The van der Waals surface area contributed by atoms with Gasteiger partial charge in [-0.1, -0.05) is 0 Å². The summed E-state index contributed by atoms with van der Waals surface area (Å²) >= 11 is 0. The molecule has 2 N–H and O–H groups in total. The summed E-state index contributed by atoms with van der Waals surface area (Å²) in [5.41, 5.74) is 0.0302. The minimum atomic E-state index is -0.390. The molecule has 0 radical (unpaired) electrons. The molecule has 0 amide bonds. The number of hydrogen-bond donors (Lipinski definition) is 2. The molecule has 6 heteroatoms. The highest BCUT2D eigenvalue weighted by Crippen LogP contribution is 2.31. The van der Waals surface area contributed by atoms with E-state index in [1.807, 2.05) is 0 Å². The lowest BCUT2D eigenvalue weighted by atomic mass is 10.1. The largest absolute Gasteiger partial charge is 0.507 e. The maximum Gasteiger partial charge on any atom is 0.254 e. The highest BCUT2D eigenvalue weighted by Gasteiger charge is 2.14. The van der Waals surface area contributed by atoms with Gasteiger partial charge >= 0.3 is 0 Å². The fourth-order valence-corrected chi connectivity index (χ4v) is 2.48. The van der Waals surface area contributed by atoms with Crippen molar-refractivity contribution in [1.29, 1.82) is 0 Å². The van der Waals surface area contributed by atoms with Crippen LogP contribution in [0, 0.1) is 0 Å². The van der Waals surface area contributed by atoms with Gasteiger partial charge in [-0.25, -0.2) is 0 Å². The Hall–Kier alpha value is -2.76. The topological polar surface area (TPSA) is 84.5 Å². The minimum Gasteiger partial charge on any atom is -0.507 e. The number of nitrogens with zero attached hydrogens (tertiary/aromatic N) is 2. The molecule has 0 fully saturated rings. The molecular formula is C14H12N2O4. The van der Waals surface area contributed by atoms with Gasteiger partial charge in [-0.3, -0.25) is 9.59 Å². The van der Waals surface area contributed by atoms with Crippen molar-refractivity contribution in [3.8, 4) is 11.5 Å². The normalized spacial score (nSPS) is 11.3. The van der Waals surface area contributed by atoms with Crippen LogP contribution in [0.3, 0.4) is 0 Å². The lowest BCUT2D eigenvalue weighted by Crippen LogP contribution is -2.20. The zero-order valence-electron chi connectivity index (χ0n) is 10.9. The van der Waals surface area contributed by atoms with Crippen molar-refractivity contribution in [2.75, 3.05) is 0 Å². The summed E-state index contributed by atoms with van der Waals surface area (Å²) in [5, 5.41) is 20.7. The van der Waals surface area contributed by atoms with Gasteiger partial charge in [-0.2, -0.15) is 0 Å². The molecule has 3 aromatic rings. The van der Waals surface area contributed by atoms with Crippen LogP contribution in [0.1, 0.15) is 0 Å². The van der Waals surface area contributed by atoms with Crippen LogP contribution in [0.4, 0.5) is 0 Å². The van der Waals surface area contributed by atoms with E-state index in [4.69, 9.17) is 0 Å². The molecule has 20 heavy (non-hydrogen) atoms. The summed E-state index contributed by atoms with van der Waals surface area (Å²) in [4.78, 5) is 23.7. The van der Waals surface area contributed by atoms with E-state index in [0.717, 1.165) is 12.1 Å². The van der Waals surface area contributed by atoms with Crippen molar-refractivity contribution in [3.63, 3.8) is 0 Å². The summed E-state index contributed by atoms with van der Waals surface area (Å²) in [5.74, 6) is -0.304. The molecule has 0 spiro atoms. The van der Waals surface area contributed by atoms with Crippen LogP contribution in [-0.4, -0.2) is 19.3 Å². The number of rotatable bonds is 0. The molecule has 0 aliphatic rings. The van der Waals surface area contributed by atoms with E-state index in [9.17, 15) is 19.8 Å². The minimum absolute atomic E-state index is 0.152. The second kappa shape index (κ2) is 3.86. The first kappa shape index (κ1) is 12.3. The second-order valence-electron chi connectivity index (χ2n) is 4.71. The first-order valence-electron chi connectivity index (χ1n) is 5.96. The number of aromatic nitrogens is 2. The molecule has 0 saturated heterocycles. The lowest BCUT2D eigenvalue weighted by molar-refractivity contribution is 0.478. The third kappa shape index (κ3) is 1.45. The van der Waals surface area contributed by atoms with Crippen LogP contribution in [0.2, 0.25) is 0 Å². The van der Waals surface area contributed by atoms with E-state index in [2.05, 4.69) is 0 Å². The van der Waals surface area contributed by atoms with Gasteiger partial charge in [-0.05, 0) is 12.1 Å². The third-order valence-corrected chi connectivity index (χ3v) is 3.56. The molecule has 0 bridgehead atoms. The average molecular weight is 272 g/mol. The first-order chi connectivity index (χ1) is 9.41. The number of pyridine rings is 2. The molecule has 2 heterocycles. The molecule has 0 aliphatic carbocycles. The smallest absolute Gasteiger partial charge is 0.254 e. The van der Waals surface area contributed by atoms with Crippen molar-refractivity contribution in [2.45, 2.75) is 0 Å². The van der Waals surface area contributed by atoms with Crippen LogP contribution in [0.5, 0.6) is 11.5 Å². The molecule has 0 atom stereocenters. The number of aryl methyl sites for hydroxylation is 2. The molecule has 0 unspecified atom stereocenters. The zero-order valence-corrected chi connectivity index (χ0v) is 10.9. The Morgan fingerprint density at radius 3 is 1.50 bits per heavy atom.